The Morgan fingerprint density at radius 2 is 1.95 bits per heavy atom. The average molecular weight is 382 g/mol. The molecule has 1 heterocycles. The minimum absolute atomic E-state index is 0.626. The molecular weight excluding hydrogens is 371 g/mol. The number of hydrogen-bond donors (Lipinski definition) is 1. The lowest BCUT2D eigenvalue weighted by molar-refractivity contribution is 1.15. The first-order valence-corrected chi connectivity index (χ1v) is 7.91. The molecule has 0 saturated heterocycles. The van der Waals surface area contributed by atoms with E-state index >= 15 is 0 Å². The lowest BCUT2D eigenvalue weighted by Gasteiger charge is -2.11. The molecule has 0 unspecified atom stereocenters. The molecule has 0 spiro atoms. The molecule has 1 N–H and O–H groups in total. The fourth-order valence-corrected chi connectivity index (χ4v) is 2.97. The number of nitrogens with zero attached hydrogens (tertiary/aromatic N) is 1. The van der Waals surface area contributed by atoms with Gasteiger partial charge >= 0.3 is 0 Å². The molecule has 5 heteroatoms. The quantitative estimate of drug-likeness (QED) is 0.609. The number of rotatable bonds is 3. The molecule has 0 saturated carbocycles. The zero-order chi connectivity index (χ0) is 14.8. The van der Waals surface area contributed by atoms with Crippen molar-refractivity contribution in [2.75, 3.05) is 5.32 Å². The maximum Gasteiger partial charge on any atom is 0.0763 e. The normalized spacial score (nSPS) is 10.8. The van der Waals surface area contributed by atoms with Gasteiger partial charge in [-0.25, -0.2) is 0 Å². The van der Waals surface area contributed by atoms with Crippen molar-refractivity contribution in [3.8, 4) is 0 Å². The van der Waals surface area contributed by atoms with E-state index in [0.717, 1.165) is 26.6 Å². The number of anilines is 1. The highest BCUT2D eigenvalue weighted by Gasteiger charge is 2.07. The largest absolute Gasteiger partial charge is 0.380 e. The average Bonchev–Trinajstić information content (AvgIpc) is 2.50. The van der Waals surface area contributed by atoms with Crippen molar-refractivity contribution in [1.82, 2.24) is 4.98 Å². The third-order valence-electron chi connectivity index (χ3n) is 3.20. The van der Waals surface area contributed by atoms with Crippen LogP contribution in [0, 0.1) is 0 Å². The van der Waals surface area contributed by atoms with Crippen molar-refractivity contribution in [2.24, 2.45) is 0 Å². The van der Waals surface area contributed by atoms with E-state index in [0.29, 0.717) is 16.6 Å². The van der Waals surface area contributed by atoms with Crippen molar-refractivity contribution in [1.29, 1.82) is 0 Å². The third kappa shape index (κ3) is 3.15. The smallest absolute Gasteiger partial charge is 0.0763 e. The fourth-order valence-electron chi connectivity index (χ4n) is 2.16. The summed E-state index contributed by atoms with van der Waals surface area (Å²) >= 11 is 15.7. The Balaban J connectivity index is 1.92. The topological polar surface area (TPSA) is 24.9 Å². The van der Waals surface area contributed by atoms with Gasteiger partial charge in [-0.1, -0.05) is 51.3 Å². The number of benzene rings is 2. The van der Waals surface area contributed by atoms with Crippen LogP contribution in [0.5, 0.6) is 0 Å². The second kappa shape index (κ2) is 6.22. The van der Waals surface area contributed by atoms with E-state index in [1.54, 1.807) is 18.3 Å². The van der Waals surface area contributed by atoms with Gasteiger partial charge in [-0.2, -0.15) is 0 Å². The van der Waals surface area contributed by atoms with Gasteiger partial charge in [-0.3, -0.25) is 4.98 Å². The Bertz CT molecular complexity index is 805. The summed E-state index contributed by atoms with van der Waals surface area (Å²) in [6, 6.07) is 13.4. The Hall–Kier alpha value is -1.29. The van der Waals surface area contributed by atoms with Crippen LogP contribution < -0.4 is 5.32 Å². The van der Waals surface area contributed by atoms with Crippen molar-refractivity contribution in [3.05, 3.63) is 68.7 Å². The summed E-state index contributed by atoms with van der Waals surface area (Å²) in [4.78, 5) is 4.47. The van der Waals surface area contributed by atoms with Gasteiger partial charge in [0.15, 0.2) is 0 Å². The molecule has 106 valence electrons. The molecule has 0 fully saturated rings. The van der Waals surface area contributed by atoms with Crippen molar-refractivity contribution < 1.29 is 0 Å². The molecule has 2 nitrogen and oxygen atoms in total. The number of pyridine rings is 1. The summed E-state index contributed by atoms with van der Waals surface area (Å²) in [5.41, 5.74) is 2.89. The van der Waals surface area contributed by atoms with Gasteiger partial charge in [-0.15, -0.1) is 0 Å². The zero-order valence-electron chi connectivity index (χ0n) is 10.9. The van der Waals surface area contributed by atoms with E-state index in [1.807, 2.05) is 30.3 Å². The van der Waals surface area contributed by atoms with Crippen LogP contribution in [0.2, 0.25) is 10.0 Å². The Kier molecular flexibility index (Phi) is 4.34. The molecule has 0 radical (unpaired) electrons. The molecule has 0 aliphatic heterocycles. The maximum atomic E-state index is 6.16. The van der Waals surface area contributed by atoms with Crippen molar-refractivity contribution in [3.63, 3.8) is 0 Å². The van der Waals surface area contributed by atoms with Crippen LogP contribution in [0.3, 0.4) is 0 Å². The lowest BCUT2D eigenvalue weighted by Crippen LogP contribution is -2.01. The van der Waals surface area contributed by atoms with Gasteiger partial charge in [0.05, 0.1) is 16.2 Å². The predicted octanol–water partition coefficient (Wildman–Crippen LogP) is 5.92. The summed E-state index contributed by atoms with van der Waals surface area (Å²) in [5, 5.41) is 5.70. The summed E-state index contributed by atoms with van der Waals surface area (Å²) in [5.74, 6) is 0. The fraction of sp³-hybridized carbons (Fsp3) is 0.0625. The predicted molar refractivity (Wildman–Crippen MR) is 93.2 cm³/mol. The first-order valence-electron chi connectivity index (χ1n) is 6.36. The van der Waals surface area contributed by atoms with E-state index in [-0.39, 0.29) is 0 Å². The summed E-state index contributed by atoms with van der Waals surface area (Å²) in [6.07, 6.45) is 1.80. The van der Waals surface area contributed by atoms with Gasteiger partial charge < -0.3 is 5.32 Å². The van der Waals surface area contributed by atoms with E-state index in [2.05, 4.69) is 26.2 Å². The monoisotopic (exact) mass is 380 g/mol. The second-order valence-corrected chi connectivity index (χ2v) is 6.28. The van der Waals surface area contributed by atoms with Crippen LogP contribution in [-0.4, -0.2) is 4.98 Å². The van der Waals surface area contributed by atoms with Crippen LogP contribution in [0.15, 0.2) is 53.1 Å². The van der Waals surface area contributed by atoms with E-state index < -0.39 is 0 Å². The van der Waals surface area contributed by atoms with Crippen LogP contribution in [0.1, 0.15) is 5.56 Å². The number of hydrogen-bond acceptors (Lipinski definition) is 2. The van der Waals surface area contributed by atoms with Gasteiger partial charge in [-0.05, 0) is 35.9 Å². The van der Waals surface area contributed by atoms with E-state index in [9.17, 15) is 0 Å². The highest BCUT2D eigenvalue weighted by atomic mass is 79.9. The second-order valence-electron chi connectivity index (χ2n) is 4.58. The molecule has 0 aliphatic rings. The molecule has 21 heavy (non-hydrogen) atoms. The molecule has 3 rings (SSSR count). The number of fused-ring (bicyclic) bond motifs is 1. The highest BCUT2D eigenvalue weighted by Crippen LogP contribution is 2.28. The molecular formula is C16H11BrCl2N2. The number of nitrogens with one attached hydrogen (secondary N) is 1. The molecule has 0 amide bonds. The summed E-state index contributed by atoms with van der Waals surface area (Å²) in [6.45, 7) is 0.626. The Morgan fingerprint density at radius 3 is 2.81 bits per heavy atom. The van der Waals surface area contributed by atoms with Crippen molar-refractivity contribution >= 4 is 55.7 Å². The minimum Gasteiger partial charge on any atom is -0.380 e. The maximum absolute atomic E-state index is 6.16. The molecule has 3 aromatic rings. The molecule has 2 aromatic carbocycles. The van der Waals surface area contributed by atoms with Crippen LogP contribution in [0.4, 0.5) is 5.69 Å². The minimum atomic E-state index is 0.626. The summed E-state index contributed by atoms with van der Waals surface area (Å²) in [7, 11) is 0. The van der Waals surface area contributed by atoms with E-state index in [4.69, 9.17) is 23.2 Å². The van der Waals surface area contributed by atoms with E-state index in [1.165, 1.54) is 0 Å². The van der Waals surface area contributed by atoms with Crippen molar-refractivity contribution in [2.45, 2.75) is 6.54 Å². The summed E-state index contributed by atoms with van der Waals surface area (Å²) < 4.78 is 1.04. The lowest BCUT2D eigenvalue weighted by atomic mass is 10.1. The van der Waals surface area contributed by atoms with Gasteiger partial charge in [0, 0.05) is 27.6 Å². The van der Waals surface area contributed by atoms with Gasteiger partial charge in [0.1, 0.15) is 0 Å². The van der Waals surface area contributed by atoms with Crippen LogP contribution in [0.25, 0.3) is 10.9 Å². The third-order valence-corrected chi connectivity index (χ3v) is 4.45. The first kappa shape index (κ1) is 14.6. The Morgan fingerprint density at radius 1 is 1.10 bits per heavy atom. The number of aromatic nitrogens is 1. The Labute approximate surface area is 141 Å². The van der Waals surface area contributed by atoms with Crippen LogP contribution >= 0.6 is 39.1 Å². The van der Waals surface area contributed by atoms with Gasteiger partial charge in [0.25, 0.3) is 0 Å². The van der Waals surface area contributed by atoms with Gasteiger partial charge in [0.2, 0.25) is 0 Å². The molecule has 1 aromatic heterocycles. The highest BCUT2D eigenvalue weighted by molar-refractivity contribution is 9.10. The SMILES string of the molecule is Clc1ccc(Cl)c(NCc2ccc(Br)c3cccnc23)c1. The standard InChI is InChI=1S/C16H11BrCl2N2/c17-13-5-3-10(16-12(13)2-1-7-20-16)9-21-15-8-11(18)4-6-14(15)19/h1-8,21H,9H2. The van der Waals surface area contributed by atoms with Crippen LogP contribution in [-0.2, 0) is 6.54 Å². The molecule has 0 aliphatic carbocycles. The zero-order valence-corrected chi connectivity index (χ0v) is 14.0. The molecule has 0 atom stereocenters. The molecule has 0 bridgehead atoms. The number of halogens is 3. The first-order chi connectivity index (χ1) is 10.1.